The molecule has 1 spiro atoms. The van der Waals surface area contributed by atoms with Crippen molar-refractivity contribution in [3.05, 3.63) is 18.7 Å². The molecular formula is C15H25N3O2. The van der Waals surface area contributed by atoms with E-state index in [9.17, 15) is 0 Å². The summed E-state index contributed by atoms with van der Waals surface area (Å²) in [4.78, 5) is 4.06. The van der Waals surface area contributed by atoms with Crippen molar-refractivity contribution in [2.45, 2.75) is 50.3 Å². The molecule has 1 N–H and O–H groups in total. The first-order valence-electron chi connectivity index (χ1n) is 7.77. The van der Waals surface area contributed by atoms with E-state index in [0.29, 0.717) is 6.04 Å². The molecule has 1 atom stereocenters. The molecule has 2 aliphatic rings. The molecule has 2 saturated heterocycles. The minimum absolute atomic E-state index is 0.0957. The standard InChI is InChI=1S/C15H25N3O2/c1(7-18-8-6-16-13-18)5-17-14-2-9-20-15(12-14)3-10-19-11-4-15/h6,8,13-14,17H,1-5,7,9-12H2/t14-/m0/s1. The molecule has 2 aliphatic heterocycles. The maximum absolute atomic E-state index is 6.07. The number of imidazole rings is 1. The molecular weight excluding hydrogens is 254 g/mol. The zero-order chi connectivity index (χ0) is 13.7. The first-order chi connectivity index (χ1) is 9.86. The Morgan fingerprint density at radius 3 is 3.00 bits per heavy atom. The van der Waals surface area contributed by atoms with Gasteiger partial charge in [-0.25, -0.2) is 4.98 Å². The molecule has 112 valence electrons. The van der Waals surface area contributed by atoms with Gasteiger partial charge in [-0.1, -0.05) is 0 Å². The van der Waals surface area contributed by atoms with Crippen molar-refractivity contribution in [2.75, 3.05) is 26.4 Å². The van der Waals surface area contributed by atoms with Crippen molar-refractivity contribution in [2.24, 2.45) is 0 Å². The second-order valence-electron chi connectivity index (χ2n) is 5.94. The smallest absolute Gasteiger partial charge is 0.0945 e. The van der Waals surface area contributed by atoms with Crippen LogP contribution in [0.4, 0.5) is 0 Å². The summed E-state index contributed by atoms with van der Waals surface area (Å²) in [5.41, 5.74) is 0.0957. The Morgan fingerprint density at radius 2 is 2.20 bits per heavy atom. The Kier molecular flexibility index (Phi) is 4.70. The molecule has 5 heteroatoms. The Labute approximate surface area is 120 Å². The lowest BCUT2D eigenvalue weighted by atomic mass is 9.84. The van der Waals surface area contributed by atoms with Gasteiger partial charge in [0, 0.05) is 44.8 Å². The highest BCUT2D eigenvalue weighted by Crippen LogP contribution is 2.34. The summed E-state index contributed by atoms with van der Waals surface area (Å²) >= 11 is 0. The second-order valence-corrected chi connectivity index (χ2v) is 5.94. The van der Waals surface area contributed by atoms with E-state index < -0.39 is 0 Å². The molecule has 2 fully saturated rings. The summed E-state index contributed by atoms with van der Waals surface area (Å²) in [5.74, 6) is 0. The predicted octanol–water partition coefficient (Wildman–Crippen LogP) is 1.59. The largest absolute Gasteiger partial charge is 0.381 e. The van der Waals surface area contributed by atoms with Crippen molar-refractivity contribution < 1.29 is 9.47 Å². The van der Waals surface area contributed by atoms with Gasteiger partial charge < -0.3 is 19.4 Å². The zero-order valence-corrected chi connectivity index (χ0v) is 12.1. The third-order valence-electron chi connectivity index (χ3n) is 4.48. The van der Waals surface area contributed by atoms with Gasteiger partial charge >= 0.3 is 0 Å². The second kappa shape index (κ2) is 6.70. The van der Waals surface area contributed by atoms with Gasteiger partial charge in [-0.3, -0.25) is 0 Å². The highest BCUT2D eigenvalue weighted by atomic mass is 16.5. The molecule has 0 radical (unpaired) electrons. The van der Waals surface area contributed by atoms with Crippen LogP contribution in [0.1, 0.15) is 32.1 Å². The summed E-state index contributed by atoms with van der Waals surface area (Å²) in [6.45, 7) is 4.70. The van der Waals surface area contributed by atoms with Gasteiger partial charge in [0.05, 0.1) is 11.9 Å². The fourth-order valence-corrected chi connectivity index (χ4v) is 3.28. The van der Waals surface area contributed by atoms with Crippen LogP contribution in [-0.2, 0) is 16.0 Å². The molecule has 1 aromatic rings. The van der Waals surface area contributed by atoms with Crippen LogP contribution < -0.4 is 5.32 Å². The third kappa shape index (κ3) is 3.59. The van der Waals surface area contributed by atoms with E-state index in [1.807, 2.05) is 18.7 Å². The number of ether oxygens (including phenoxy) is 2. The summed E-state index contributed by atoms with van der Waals surface area (Å²) in [5, 5.41) is 3.70. The van der Waals surface area contributed by atoms with Gasteiger partial charge in [0.25, 0.3) is 0 Å². The summed E-state index contributed by atoms with van der Waals surface area (Å²) < 4.78 is 13.7. The highest BCUT2D eigenvalue weighted by molar-refractivity contribution is 4.91. The molecule has 5 nitrogen and oxygen atoms in total. The number of nitrogens with one attached hydrogen (secondary N) is 1. The molecule has 0 saturated carbocycles. The number of aromatic nitrogens is 2. The summed E-state index contributed by atoms with van der Waals surface area (Å²) in [6, 6.07) is 0.602. The average Bonchev–Trinajstić information content (AvgIpc) is 2.98. The topological polar surface area (TPSA) is 48.3 Å². The fraction of sp³-hybridized carbons (Fsp3) is 0.800. The molecule has 1 aromatic heterocycles. The van der Waals surface area contributed by atoms with Gasteiger partial charge in [0.15, 0.2) is 0 Å². The summed E-state index contributed by atoms with van der Waals surface area (Å²) in [6.07, 6.45) is 11.3. The van der Waals surface area contributed by atoms with E-state index in [1.165, 1.54) is 0 Å². The number of nitrogens with zero attached hydrogens (tertiary/aromatic N) is 2. The van der Waals surface area contributed by atoms with Crippen LogP contribution in [-0.4, -0.2) is 47.6 Å². The van der Waals surface area contributed by atoms with E-state index >= 15 is 0 Å². The fourth-order valence-electron chi connectivity index (χ4n) is 3.28. The predicted molar refractivity (Wildman–Crippen MR) is 76.6 cm³/mol. The van der Waals surface area contributed by atoms with Crippen molar-refractivity contribution in [3.63, 3.8) is 0 Å². The monoisotopic (exact) mass is 279 g/mol. The first kappa shape index (κ1) is 14.0. The maximum Gasteiger partial charge on any atom is 0.0945 e. The molecule has 20 heavy (non-hydrogen) atoms. The lowest BCUT2D eigenvalue weighted by Crippen LogP contribution is -2.50. The van der Waals surface area contributed by atoms with E-state index in [-0.39, 0.29) is 5.60 Å². The molecule has 3 heterocycles. The molecule has 0 aromatic carbocycles. The zero-order valence-electron chi connectivity index (χ0n) is 12.1. The number of hydrogen-bond donors (Lipinski definition) is 1. The van der Waals surface area contributed by atoms with E-state index in [4.69, 9.17) is 9.47 Å². The Morgan fingerprint density at radius 1 is 1.30 bits per heavy atom. The third-order valence-corrected chi connectivity index (χ3v) is 4.48. The van der Waals surface area contributed by atoms with Crippen molar-refractivity contribution in [1.29, 1.82) is 0 Å². The van der Waals surface area contributed by atoms with Gasteiger partial charge in [-0.05, 0) is 38.6 Å². The lowest BCUT2D eigenvalue weighted by molar-refractivity contribution is -0.140. The average molecular weight is 279 g/mol. The Balaban J connectivity index is 1.39. The van der Waals surface area contributed by atoms with Crippen LogP contribution in [0.25, 0.3) is 0 Å². The Hall–Kier alpha value is -0.910. The lowest BCUT2D eigenvalue weighted by Gasteiger charge is -2.43. The maximum atomic E-state index is 6.07. The quantitative estimate of drug-likeness (QED) is 0.832. The van der Waals surface area contributed by atoms with Crippen LogP contribution in [0, 0.1) is 0 Å². The number of hydrogen-bond acceptors (Lipinski definition) is 4. The van der Waals surface area contributed by atoms with Crippen molar-refractivity contribution in [1.82, 2.24) is 14.9 Å². The van der Waals surface area contributed by atoms with Gasteiger partial charge in [-0.2, -0.15) is 0 Å². The van der Waals surface area contributed by atoms with E-state index in [0.717, 1.165) is 65.0 Å². The normalized spacial score (nSPS) is 25.9. The number of aryl methyl sites for hydroxylation is 1. The van der Waals surface area contributed by atoms with Crippen LogP contribution in [0.15, 0.2) is 18.7 Å². The molecule has 0 unspecified atom stereocenters. The van der Waals surface area contributed by atoms with Crippen LogP contribution in [0.2, 0.25) is 0 Å². The molecule has 0 aliphatic carbocycles. The first-order valence-corrected chi connectivity index (χ1v) is 7.77. The minimum Gasteiger partial charge on any atom is -0.381 e. The van der Waals surface area contributed by atoms with Crippen LogP contribution in [0.3, 0.4) is 0 Å². The van der Waals surface area contributed by atoms with Crippen molar-refractivity contribution in [3.8, 4) is 0 Å². The minimum atomic E-state index is 0.0957. The van der Waals surface area contributed by atoms with E-state index in [2.05, 4.69) is 14.9 Å². The molecule has 0 bridgehead atoms. The van der Waals surface area contributed by atoms with Crippen LogP contribution in [0.5, 0.6) is 0 Å². The van der Waals surface area contributed by atoms with E-state index in [1.54, 1.807) is 0 Å². The van der Waals surface area contributed by atoms with Gasteiger partial charge in [0.2, 0.25) is 0 Å². The Bertz CT molecular complexity index is 382. The van der Waals surface area contributed by atoms with Crippen molar-refractivity contribution >= 4 is 0 Å². The number of rotatable bonds is 5. The van der Waals surface area contributed by atoms with Gasteiger partial charge in [-0.15, -0.1) is 0 Å². The summed E-state index contributed by atoms with van der Waals surface area (Å²) in [7, 11) is 0. The molecule has 0 amide bonds. The highest BCUT2D eigenvalue weighted by Gasteiger charge is 2.38. The SMILES string of the molecule is c1cn(CCCN[C@H]2CCOC3(CCOCC3)C2)cn1. The molecule has 3 rings (SSSR count). The van der Waals surface area contributed by atoms with Crippen LogP contribution >= 0.6 is 0 Å². The van der Waals surface area contributed by atoms with Gasteiger partial charge in [0.1, 0.15) is 0 Å².